The monoisotopic (exact) mass is 462 g/mol. The summed E-state index contributed by atoms with van der Waals surface area (Å²) in [4.78, 5) is 37.7. The highest BCUT2D eigenvalue weighted by molar-refractivity contribution is 5.92. The molecule has 1 aliphatic rings. The van der Waals surface area contributed by atoms with Crippen LogP contribution >= 0.6 is 0 Å². The first-order valence-corrected chi connectivity index (χ1v) is 10.5. The molecule has 0 spiro atoms. The Hall–Kier alpha value is -4.01. The summed E-state index contributed by atoms with van der Waals surface area (Å²) in [5.74, 6) is -2.06. The van der Waals surface area contributed by atoms with E-state index in [1.54, 1.807) is 78.9 Å². The quantitative estimate of drug-likeness (QED) is 0.439. The summed E-state index contributed by atoms with van der Waals surface area (Å²) < 4.78 is 21.7. The van der Waals surface area contributed by atoms with Gasteiger partial charge in [0.2, 0.25) is 6.29 Å². The Morgan fingerprint density at radius 1 is 0.735 bits per heavy atom. The van der Waals surface area contributed by atoms with Crippen LogP contribution in [0.25, 0.3) is 0 Å². The first kappa shape index (κ1) is 23.2. The Kier molecular flexibility index (Phi) is 7.01. The summed E-state index contributed by atoms with van der Waals surface area (Å²) in [7, 11) is 1.24. The van der Waals surface area contributed by atoms with Crippen LogP contribution < -0.4 is 0 Å². The van der Waals surface area contributed by atoms with Gasteiger partial charge in [-0.25, -0.2) is 14.4 Å². The summed E-state index contributed by atoms with van der Waals surface area (Å²) in [6, 6.07) is 22.8. The van der Waals surface area contributed by atoms with Crippen molar-refractivity contribution in [3.63, 3.8) is 0 Å². The fourth-order valence-corrected chi connectivity index (χ4v) is 3.67. The van der Waals surface area contributed by atoms with E-state index < -0.39 is 42.5 Å². The Morgan fingerprint density at radius 3 is 1.85 bits per heavy atom. The molecule has 4 atom stereocenters. The molecule has 1 heterocycles. The molecule has 1 aliphatic heterocycles. The number of benzene rings is 3. The normalized spacial score (nSPS) is 21.5. The summed E-state index contributed by atoms with van der Waals surface area (Å²) in [6.07, 6.45) is -5.34. The lowest BCUT2D eigenvalue weighted by molar-refractivity contribution is -0.135. The highest BCUT2D eigenvalue weighted by Gasteiger charge is 2.50. The summed E-state index contributed by atoms with van der Waals surface area (Å²) in [5.41, 5.74) is 1.00. The Labute approximate surface area is 195 Å². The van der Waals surface area contributed by atoms with Gasteiger partial charge in [0, 0.05) is 0 Å². The minimum absolute atomic E-state index is 0.165. The number of ether oxygens (including phenoxy) is 4. The van der Waals surface area contributed by atoms with Crippen LogP contribution in [0.1, 0.15) is 42.7 Å². The molecule has 0 bridgehead atoms. The van der Waals surface area contributed by atoms with Crippen molar-refractivity contribution in [1.29, 1.82) is 0 Å². The maximum absolute atomic E-state index is 12.8. The third kappa shape index (κ3) is 4.83. The van der Waals surface area contributed by atoms with E-state index >= 15 is 0 Å². The van der Waals surface area contributed by atoms with Crippen LogP contribution in [0.4, 0.5) is 0 Å². The second kappa shape index (κ2) is 10.3. The lowest BCUT2D eigenvalue weighted by Crippen LogP contribution is -2.37. The number of hydrogen-bond donors (Lipinski definition) is 1. The van der Waals surface area contributed by atoms with E-state index in [-0.39, 0.29) is 16.7 Å². The number of esters is 3. The van der Waals surface area contributed by atoms with Crippen LogP contribution in [-0.4, -0.2) is 48.6 Å². The first-order valence-electron chi connectivity index (χ1n) is 10.5. The van der Waals surface area contributed by atoms with Crippen molar-refractivity contribution in [3.8, 4) is 0 Å². The van der Waals surface area contributed by atoms with E-state index in [1.165, 1.54) is 13.2 Å². The average Bonchev–Trinajstić information content (AvgIpc) is 3.19. The van der Waals surface area contributed by atoms with E-state index in [1.807, 2.05) is 0 Å². The van der Waals surface area contributed by atoms with Crippen molar-refractivity contribution < 1.29 is 38.4 Å². The third-order valence-electron chi connectivity index (χ3n) is 5.35. The molecule has 3 aromatic rings. The highest BCUT2D eigenvalue weighted by Crippen LogP contribution is 2.38. The standard InChI is InChI=1S/C26H22O8/c1-31-25(30)19-15-9-8-14-18(19)21-22(32-23(28)16-10-4-2-5-11-16)20(27)26(33-21)34-24(29)17-12-6-3-7-13-17/h2-15,20-22,26-27H,1H3/t20-,21-,22+,26-/m1/s1. The zero-order valence-corrected chi connectivity index (χ0v) is 18.2. The molecule has 1 saturated heterocycles. The molecule has 34 heavy (non-hydrogen) atoms. The molecular formula is C26H22O8. The number of methoxy groups -OCH3 is 1. The lowest BCUT2D eigenvalue weighted by atomic mass is 9.97. The molecule has 8 nitrogen and oxygen atoms in total. The minimum atomic E-state index is -1.52. The largest absolute Gasteiger partial charge is 0.465 e. The zero-order valence-electron chi connectivity index (χ0n) is 18.2. The molecule has 8 heteroatoms. The fraction of sp³-hybridized carbons (Fsp3) is 0.192. The number of carbonyl (C=O) groups excluding carboxylic acids is 3. The first-order chi connectivity index (χ1) is 16.5. The van der Waals surface area contributed by atoms with Gasteiger partial charge in [-0.1, -0.05) is 54.6 Å². The van der Waals surface area contributed by atoms with Crippen LogP contribution in [0.15, 0.2) is 84.9 Å². The molecule has 174 valence electrons. The van der Waals surface area contributed by atoms with Gasteiger partial charge in [-0.3, -0.25) is 0 Å². The smallest absolute Gasteiger partial charge is 0.340 e. The molecule has 1 fully saturated rings. The van der Waals surface area contributed by atoms with Crippen molar-refractivity contribution in [1.82, 2.24) is 0 Å². The molecule has 0 saturated carbocycles. The van der Waals surface area contributed by atoms with Gasteiger partial charge in [-0.05, 0) is 35.9 Å². The molecular weight excluding hydrogens is 440 g/mol. The van der Waals surface area contributed by atoms with E-state index in [2.05, 4.69) is 0 Å². The number of carbonyl (C=O) groups is 3. The molecule has 3 aromatic carbocycles. The molecule has 4 rings (SSSR count). The van der Waals surface area contributed by atoms with Gasteiger partial charge in [0.1, 0.15) is 6.10 Å². The minimum Gasteiger partial charge on any atom is -0.465 e. The molecule has 0 amide bonds. The third-order valence-corrected chi connectivity index (χ3v) is 5.35. The molecule has 0 radical (unpaired) electrons. The van der Waals surface area contributed by atoms with Gasteiger partial charge in [0.05, 0.1) is 23.8 Å². The summed E-state index contributed by atoms with van der Waals surface area (Å²) in [6.45, 7) is 0. The van der Waals surface area contributed by atoms with E-state index in [9.17, 15) is 19.5 Å². The van der Waals surface area contributed by atoms with Gasteiger partial charge in [-0.15, -0.1) is 0 Å². The van der Waals surface area contributed by atoms with Crippen LogP contribution in [0.3, 0.4) is 0 Å². The van der Waals surface area contributed by atoms with Crippen LogP contribution in [0.5, 0.6) is 0 Å². The SMILES string of the molecule is COC(=O)c1ccccc1[C@H]1O[C@H](OC(=O)c2ccccc2)[C@H](O)[C@@H]1OC(=O)c1ccccc1. The van der Waals surface area contributed by atoms with Gasteiger partial charge in [0.15, 0.2) is 12.2 Å². The van der Waals surface area contributed by atoms with Gasteiger partial charge in [-0.2, -0.15) is 0 Å². The predicted octanol–water partition coefficient (Wildman–Crippen LogP) is 3.31. The number of aliphatic hydroxyl groups excluding tert-OH is 1. The Bertz CT molecular complexity index is 1160. The predicted molar refractivity (Wildman–Crippen MR) is 119 cm³/mol. The van der Waals surface area contributed by atoms with Crippen molar-refractivity contribution >= 4 is 17.9 Å². The lowest BCUT2D eigenvalue weighted by Gasteiger charge is -2.22. The van der Waals surface area contributed by atoms with Crippen molar-refractivity contribution in [2.24, 2.45) is 0 Å². The number of hydrogen-bond acceptors (Lipinski definition) is 8. The maximum Gasteiger partial charge on any atom is 0.340 e. The zero-order chi connectivity index (χ0) is 24.1. The maximum atomic E-state index is 12.8. The van der Waals surface area contributed by atoms with Crippen molar-refractivity contribution in [2.75, 3.05) is 7.11 Å². The van der Waals surface area contributed by atoms with E-state index in [0.29, 0.717) is 5.56 Å². The molecule has 1 N–H and O–H groups in total. The van der Waals surface area contributed by atoms with E-state index in [0.717, 1.165) is 0 Å². The number of rotatable bonds is 6. The van der Waals surface area contributed by atoms with Gasteiger partial charge >= 0.3 is 17.9 Å². The van der Waals surface area contributed by atoms with Crippen molar-refractivity contribution in [2.45, 2.75) is 24.6 Å². The van der Waals surface area contributed by atoms with E-state index in [4.69, 9.17) is 18.9 Å². The van der Waals surface area contributed by atoms with Crippen LogP contribution in [0, 0.1) is 0 Å². The fourth-order valence-electron chi connectivity index (χ4n) is 3.67. The molecule has 0 aromatic heterocycles. The van der Waals surface area contributed by atoms with Crippen LogP contribution in [-0.2, 0) is 18.9 Å². The van der Waals surface area contributed by atoms with Crippen molar-refractivity contribution in [3.05, 3.63) is 107 Å². The second-order valence-corrected chi connectivity index (χ2v) is 7.50. The average molecular weight is 462 g/mol. The van der Waals surface area contributed by atoms with Gasteiger partial charge < -0.3 is 24.1 Å². The Morgan fingerprint density at radius 2 is 1.26 bits per heavy atom. The molecule has 0 aliphatic carbocycles. The molecule has 0 unspecified atom stereocenters. The topological polar surface area (TPSA) is 108 Å². The van der Waals surface area contributed by atoms with Crippen LogP contribution in [0.2, 0.25) is 0 Å². The second-order valence-electron chi connectivity index (χ2n) is 7.50. The Balaban J connectivity index is 1.65. The van der Waals surface area contributed by atoms with Gasteiger partial charge in [0.25, 0.3) is 0 Å². The summed E-state index contributed by atoms with van der Waals surface area (Å²) >= 11 is 0. The summed E-state index contributed by atoms with van der Waals surface area (Å²) in [5, 5.41) is 11.0. The highest BCUT2D eigenvalue weighted by atomic mass is 16.7. The number of aliphatic hydroxyl groups is 1.